The van der Waals surface area contributed by atoms with Crippen molar-refractivity contribution in [2.45, 2.75) is 13.8 Å². The molecule has 0 atom stereocenters. The molecule has 28 heavy (non-hydrogen) atoms. The number of halogens is 2. The molecule has 1 aromatic heterocycles. The van der Waals surface area contributed by atoms with Gasteiger partial charge >= 0.3 is 0 Å². The Labute approximate surface area is 179 Å². The number of furan rings is 1. The van der Waals surface area contributed by atoms with E-state index in [1.807, 2.05) is 50.2 Å². The lowest BCUT2D eigenvalue weighted by Gasteiger charge is -2.10. The van der Waals surface area contributed by atoms with E-state index < -0.39 is 0 Å². The van der Waals surface area contributed by atoms with E-state index >= 15 is 0 Å². The second-order valence-corrected chi connectivity index (χ2v) is 8.66. The van der Waals surface area contributed by atoms with Gasteiger partial charge in [0.1, 0.15) is 11.3 Å². The molecule has 0 saturated heterocycles. The molecule has 138 valence electrons. The maximum atomic E-state index is 10.9. The van der Waals surface area contributed by atoms with Gasteiger partial charge in [0.05, 0.1) is 10.0 Å². The topological polar surface area (TPSA) is 33.4 Å². The van der Waals surface area contributed by atoms with Gasteiger partial charge in [-0.1, -0.05) is 48.5 Å². The first-order valence-electron chi connectivity index (χ1n) is 8.99. The van der Waals surface area contributed by atoms with Crippen LogP contribution in [0.2, 0.25) is 0 Å². The highest BCUT2D eigenvalue weighted by molar-refractivity contribution is 9.11. The van der Waals surface area contributed by atoms with Crippen molar-refractivity contribution in [3.05, 3.63) is 74.7 Å². The fraction of sp³-hybridized carbons (Fsp3) is 0.0833. The van der Waals surface area contributed by atoms with Crippen molar-refractivity contribution in [2.24, 2.45) is 0 Å². The molecule has 0 spiro atoms. The summed E-state index contributed by atoms with van der Waals surface area (Å²) in [6.07, 6.45) is 0. The Morgan fingerprint density at radius 3 is 2.21 bits per heavy atom. The molecule has 0 aliphatic rings. The van der Waals surface area contributed by atoms with E-state index in [0.29, 0.717) is 5.76 Å². The van der Waals surface area contributed by atoms with E-state index in [9.17, 15) is 5.11 Å². The van der Waals surface area contributed by atoms with Crippen molar-refractivity contribution >= 4 is 64.4 Å². The molecule has 5 rings (SSSR count). The summed E-state index contributed by atoms with van der Waals surface area (Å²) in [6.45, 7) is 3.96. The molecule has 0 radical (unpaired) electrons. The van der Waals surface area contributed by atoms with Crippen LogP contribution in [0.1, 0.15) is 11.1 Å². The molecule has 0 saturated carbocycles. The first kappa shape index (κ1) is 17.8. The zero-order valence-electron chi connectivity index (χ0n) is 15.3. The van der Waals surface area contributed by atoms with Gasteiger partial charge in [-0.15, -0.1) is 0 Å². The van der Waals surface area contributed by atoms with Crippen molar-refractivity contribution in [3.63, 3.8) is 0 Å². The normalized spacial score (nSPS) is 11.7. The van der Waals surface area contributed by atoms with Gasteiger partial charge in [-0.3, -0.25) is 0 Å². The standard InChI is InChI=1S/C24H16Br2O2/c1-12-11-14-7-3-4-8-15(14)19(22(12)27)24-21(26)18-16-9-5-6-10-17(16)20(25)13(2)23(18)28-24/h3-11,27H,1-2H3. The van der Waals surface area contributed by atoms with Crippen molar-refractivity contribution < 1.29 is 9.52 Å². The third-order valence-corrected chi connectivity index (χ3v) is 7.17. The van der Waals surface area contributed by atoms with E-state index in [2.05, 4.69) is 50.1 Å². The van der Waals surface area contributed by atoms with Gasteiger partial charge in [0, 0.05) is 15.4 Å². The van der Waals surface area contributed by atoms with Crippen LogP contribution in [0.5, 0.6) is 5.75 Å². The average Bonchev–Trinajstić information content (AvgIpc) is 3.04. The second kappa shape index (κ2) is 6.36. The largest absolute Gasteiger partial charge is 0.507 e. The third kappa shape index (κ3) is 2.38. The van der Waals surface area contributed by atoms with E-state index in [4.69, 9.17) is 4.42 Å². The molecule has 0 bridgehead atoms. The summed E-state index contributed by atoms with van der Waals surface area (Å²) < 4.78 is 8.30. The Hall–Kier alpha value is -2.30. The van der Waals surface area contributed by atoms with Gasteiger partial charge < -0.3 is 9.52 Å². The highest BCUT2D eigenvalue weighted by Gasteiger charge is 2.24. The molecule has 0 fully saturated rings. The minimum absolute atomic E-state index is 0.250. The summed E-state index contributed by atoms with van der Waals surface area (Å²) in [5.74, 6) is 0.901. The van der Waals surface area contributed by atoms with Crippen LogP contribution in [0.15, 0.2) is 68.0 Å². The molecule has 4 heteroatoms. The lowest BCUT2D eigenvalue weighted by molar-refractivity contribution is 0.471. The maximum absolute atomic E-state index is 10.9. The summed E-state index contributed by atoms with van der Waals surface area (Å²) in [6, 6.07) is 18.3. The van der Waals surface area contributed by atoms with Crippen LogP contribution in [0.3, 0.4) is 0 Å². The van der Waals surface area contributed by atoms with Crippen LogP contribution >= 0.6 is 31.9 Å². The van der Waals surface area contributed by atoms with E-state index in [1.54, 1.807) is 0 Å². The SMILES string of the molecule is Cc1cc2ccccc2c(-c2oc3c(C)c(Br)c4ccccc4c3c2Br)c1O. The van der Waals surface area contributed by atoms with Gasteiger partial charge in [-0.25, -0.2) is 0 Å². The quantitative estimate of drug-likeness (QED) is 0.254. The van der Waals surface area contributed by atoms with Crippen LogP contribution < -0.4 is 0 Å². The zero-order chi connectivity index (χ0) is 19.6. The summed E-state index contributed by atoms with van der Waals surface area (Å²) in [4.78, 5) is 0. The molecule has 1 N–H and O–H groups in total. The monoisotopic (exact) mass is 494 g/mol. The van der Waals surface area contributed by atoms with Gasteiger partial charge in [0.2, 0.25) is 0 Å². The number of aryl methyl sites for hydroxylation is 2. The number of phenolic OH excluding ortho intramolecular Hbond substituents is 1. The predicted molar refractivity (Wildman–Crippen MR) is 123 cm³/mol. The molecule has 0 unspecified atom stereocenters. The lowest BCUT2D eigenvalue weighted by atomic mass is 9.97. The van der Waals surface area contributed by atoms with Gasteiger partial charge in [-0.2, -0.15) is 0 Å². The number of hydrogen-bond donors (Lipinski definition) is 1. The van der Waals surface area contributed by atoms with Crippen LogP contribution in [-0.2, 0) is 0 Å². The molecular formula is C24H16Br2O2. The average molecular weight is 496 g/mol. The third-order valence-electron chi connectivity index (χ3n) is 5.39. The summed E-state index contributed by atoms with van der Waals surface area (Å²) >= 11 is 7.53. The van der Waals surface area contributed by atoms with Crippen LogP contribution in [0.25, 0.3) is 43.8 Å². The van der Waals surface area contributed by atoms with Crippen LogP contribution in [0, 0.1) is 13.8 Å². The maximum Gasteiger partial charge on any atom is 0.154 e. The van der Waals surface area contributed by atoms with E-state index in [-0.39, 0.29) is 5.75 Å². The summed E-state index contributed by atoms with van der Waals surface area (Å²) in [5.41, 5.74) is 3.40. The minimum Gasteiger partial charge on any atom is -0.507 e. The number of aromatic hydroxyl groups is 1. The molecular weight excluding hydrogens is 480 g/mol. The highest BCUT2D eigenvalue weighted by Crippen LogP contribution is 2.49. The van der Waals surface area contributed by atoms with Crippen LogP contribution in [0.4, 0.5) is 0 Å². The fourth-order valence-corrected chi connectivity index (χ4v) is 5.18. The van der Waals surface area contributed by atoms with Crippen LogP contribution in [-0.4, -0.2) is 5.11 Å². The molecule has 1 heterocycles. The minimum atomic E-state index is 0.250. The first-order chi connectivity index (χ1) is 13.5. The molecule has 0 aliphatic carbocycles. The molecule has 0 aliphatic heterocycles. The number of benzene rings is 4. The molecule has 2 nitrogen and oxygen atoms in total. The Bertz CT molecular complexity index is 1410. The Morgan fingerprint density at radius 2 is 1.46 bits per heavy atom. The molecule has 4 aromatic carbocycles. The summed E-state index contributed by atoms with van der Waals surface area (Å²) in [5, 5.41) is 16.2. The zero-order valence-corrected chi connectivity index (χ0v) is 18.5. The number of hydrogen-bond acceptors (Lipinski definition) is 2. The van der Waals surface area contributed by atoms with Gasteiger partial charge in [0.25, 0.3) is 0 Å². The van der Waals surface area contributed by atoms with Gasteiger partial charge in [-0.05, 0) is 78.9 Å². The van der Waals surface area contributed by atoms with E-state index in [1.165, 1.54) is 0 Å². The number of phenols is 1. The Morgan fingerprint density at radius 1 is 0.821 bits per heavy atom. The first-order valence-corrected chi connectivity index (χ1v) is 10.6. The highest BCUT2D eigenvalue weighted by atomic mass is 79.9. The Balaban J connectivity index is 1.99. The summed E-state index contributed by atoms with van der Waals surface area (Å²) in [7, 11) is 0. The predicted octanol–water partition coefficient (Wildman–Crippen LogP) is 8.25. The van der Waals surface area contributed by atoms with Gasteiger partial charge in [0.15, 0.2) is 5.76 Å². The van der Waals surface area contributed by atoms with E-state index in [0.717, 1.165) is 58.1 Å². The van der Waals surface area contributed by atoms with Crippen molar-refractivity contribution in [1.29, 1.82) is 0 Å². The smallest absolute Gasteiger partial charge is 0.154 e. The Kier molecular flexibility index (Phi) is 4.04. The lowest BCUT2D eigenvalue weighted by Crippen LogP contribution is -1.85. The van der Waals surface area contributed by atoms with Crippen molar-refractivity contribution in [3.8, 4) is 17.1 Å². The molecule has 0 amide bonds. The van der Waals surface area contributed by atoms with Crippen molar-refractivity contribution in [2.75, 3.05) is 0 Å². The number of rotatable bonds is 1. The van der Waals surface area contributed by atoms with Crippen molar-refractivity contribution in [1.82, 2.24) is 0 Å². The second-order valence-electron chi connectivity index (χ2n) is 7.07. The fourth-order valence-electron chi connectivity index (χ4n) is 3.98. The molecule has 5 aromatic rings. The number of fused-ring (bicyclic) bond motifs is 4.